The minimum absolute atomic E-state index is 0.176. The number of aromatic nitrogens is 3. The van der Waals surface area contributed by atoms with Gasteiger partial charge in [0.1, 0.15) is 5.76 Å². The summed E-state index contributed by atoms with van der Waals surface area (Å²) in [5, 5.41) is 10.7. The molecule has 2 aromatic heterocycles. The largest absolute Gasteiger partial charge is 0.479 e. The van der Waals surface area contributed by atoms with E-state index in [1.165, 1.54) is 0 Å². The van der Waals surface area contributed by atoms with Crippen LogP contribution in [-0.4, -0.2) is 46.4 Å². The second kappa shape index (κ2) is 7.30. The van der Waals surface area contributed by atoms with E-state index in [9.17, 15) is 4.79 Å². The van der Waals surface area contributed by atoms with Gasteiger partial charge in [-0.25, -0.2) is 0 Å². The van der Waals surface area contributed by atoms with Crippen molar-refractivity contribution in [2.75, 3.05) is 20.2 Å². The first-order chi connectivity index (χ1) is 11.2. The van der Waals surface area contributed by atoms with Gasteiger partial charge >= 0.3 is 0 Å². The number of amides is 1. The van der Waals surface area contributed by atoms with Gasteiger partial charge in [-0.15, -0.1) is 0 Å². The summed E-state index contributed by atoms with van der Waals surface area (Å²) in [4.78, 5) is 14.4. The van der Waals surface area contributed by atoms with Gasteiger partial charge in [-0.1, -0.05) is 0 Å². The average molecular weight is 318 g/mol. The molecule has 1 fully saturated rings. The van der Waals surface area contributed by atoms with Gasteiger partial charge in [0.05, 0.1) is 7.11 Å². The molecular formula is C16H22N4O3. The van der Waals surface area contributed by atoms with Gasteiger partial charge in [-0.05, 0) is 36.4 Å². The zero-order chi connectivity index (χ0) is 16.1. The van der Waals surface area contributed by atoms with Crippen molar-refractivity contribution in [2.45, 2.75) is 32.1 Å². The Kier molecular flexibility index (Phi) is 4.95. The summed E-state index contributed by atoms with van der Waals surface area (Å²) < 4.78 is 10.1. The van der Waals surface area contributed by atoms with Gasteiger partial charge in [0.15, 0.2) is 0 Å². The summed E-state index contributed by atoms with van der Waals surface area (Å²) in [5.74, 6) is 1.81. The van der Waals surface area contributed by atoms with Crippen LogP contribution < -0.4 is 4.74 Å². The van der Waals surface area contributed by atoms with Crippen molar-refractivity contribution in [2.24, 2.45) is 5.92 Å². The monoisotopic (exact) mass is 318 g/mol. The number of aromatic amines is 1. The molecule has 1 amide bonds. The molecule has 3 rings (SSSR count). The maximum atomic E-state index is 12.4. The molecule has 124 valence electrons. The van der Waals surface area contributed by atoms with E-state index >= 15 is 0 Å². The number of piperidine rings is 1. The number of hydrogen-bond donors (Lipinski definition) is 1. The third-order valence-corrected chi connectivity index (χ3v) is 4.27. The SMILES string of the molecule is COc1cc(CCC(=O)N2CCC[C@@H](Cc3ccn[nH]3)C2)on1. The van der Waals surface area contributed by atoms with E-state index in [4.69, 9.17) is 9.26 Å². The fourth-order valence-electron chi connectivity index (χ4n) is 3.06. The maximum Gasteiger partial charge on any atom is 0.254 e. The third-order valence-electron chi connectivity index (χ3n) is 4.27. The lowest BCUT2D eigenvalue weighted by Gasteiger charge is -2.32. The van der Waals surface area contributed by atoms with Crippen LogP contribution in [0.5, 0.6) is 5.88 Å². The first-order valence-corrected chi connectivity index (χ1v) is 8.00. The van der Waals surface area contributed by atoms with E-state index in [2.05, 4.69) is 15.4 Å². The van der Waals surface area contributed by atoms with Gasteiger partial charge < -0.3 is 14.2 Å². The molecule has 0 bridgehead atoms. The van der Waals surface area contributed by atoms with Crippen molar-refractivity contribution in [3.63, 3.8) is 0 Å². The molecule has 1 N–H and O–H groups in total. The summed E-state index contributed by atoms with van der Waals surface area (Å²) in [5.41, 5.74) is 1.14. The van der Waals surface area contributed by atoms with Crippen LogP contribution in [0.1, 0.15) is 30.7 Å². The van der Waals surface area contributed by atoms with Crippen LogP contribution in [0, 0.1) is 5.92 Å². The zero-order valence-electron chi connectivity index (χ0n) is 13.3. The third kappa shape index (κ3) is 4.12. The number of rotatable bonds is 6. The van der Waals surface area contributed by atoms with E-state index in [1.807, 2.05) is 11.0 Å². The number of H-pyrrole nitrogens is 1. The molecule has 23 heavy (non-hydrogen) atoms. The Hall–Kier alpha value is -2.31. The number of methoxy groups -OCH3 is 1. The second-order valence-corrected chi connectivity index (χ2v) is 5.97. The molecule has 2 aromatic rings. The fraction of sp³-hybridized carbons (Fsp3) is 0.562. The van der Waals surface area contributed by atoms with Gasteiger partial charge in [0, 0.05) is 43.9 Å². The lowest BCUT2D eigenvalue weighted by Crippen LogP contribution is -2.40. The molecule has 1 atom stereocenters. The predicted molar refractivity (Wildman–Crippen MR) is 83.0 cm³/mol. The normalized spacial score (nSPS) is 18.1. The summed E-state index contributed by atoms with van der Waals surface area (Å²) in [6.45, 7) is 1.66. The Bertz CT molecular complexity index is 623. The topological polar surface area (TPSA) is 84.2 Å². The molecular weight excluding hydrogens is 296 g/mol. The van der Waals surface area contributed by atoms with E-state index in [0.717, 1.165) is 38.0 Å². The number of carbonyl (C=O) groups is 1. The lowest BCUT2D eigenvalue weighted by molar-refractivity contribution is -0.133. The Labute approximate surface area is 135 Å². The molecule has 1 aliphatic rings. The van der Waals surface area contributed by atoms with Crippen LogP contribution in [0.4, 0.5) is 0 Å². The molecule has 1 aliphatic heterocycles. The highest BCUT2D eigenvalue weighted by molar-refractivity contribution is 5.76. The highest BCUT2D eigenvalue weighted by atomic mass is 16.5. The molecule has 3 heterocycles. The quantitative estimate of drug-likeness (QED) is 0.878. The average Bonchev–Trinajstić information content (AvgIpc) is 3.24. The van der Waals surface area contributed by atoms with Crippen molar-refractivity contribution in [3.05, 3.63) is 29.8 Å². The molecule has 7 heteroatoms. The number of nitrogens with one attached hydrogen (secondary N) is 1. The molecule has 0 aliphatic carbocycles. The summed E-state index contributed by atoms with van der Waals surface area (Å²) in [6, 6.07) is 3.72. The maximum absolute atomic E-state index is 12.4. The van der Waals surface area contributed by atoms with Gasteiger partial charge in [-0.3, -0.25) is 9.89 Å². The summed E-state index contributed by atoms with van der Waals surface area (Å²) >= 11 is 0. The zero-order valence-corrected chi connectivity index (χ0v) is 13.3. The van der Waals surface area contributed by atoms with E-state index in [-0.39, 0.29) is 5.91 Å². The van der Waals surface area contributed by atoms with Crippen molar-refractivity contribution < 1.29 is 14.1 Å². The highest BCUT2D eigenvalue weighted by Gasteiger charge is 2.24. The van der Waals surface area contributed by atoms with Crippen LogP contribution in [-0.2, 0) is 17.6 Å². The number of nitrogens with zero attached hydrogens (tertiary/aromatic N) is 3. The number of ether oxygens (including phenoxy) is 1. The number of aryl methyl sites for hydroxylation is 1. The number of likely N-dealkylation sites (tertiary alicyclic amines) is 1. The highest BCUT2D eigenvalue weighted by Crippen LogP contribution is 2.21. The van der Waals surface area contributed by atoms with Crippen LogP contribution in [0.2, 0.25) is 0 Å². The van der Waals surface area contributed by atoms with E-state index < -0.39 is 0 Å². The van der Waals surface area contributed by atoms with Gasteiger partial charge in [-0.2, -0.15) is 5.10 Å². The summed E-state index contributed by atoms with van der Waals surface area (Å²) in [6.07, 6.45) is 5.92. The minimum Gasteiger partial charge on any atom is -0.479 e. The van der Waals surface area contributed by atoms with Crippen LogP contribution in [0.25, 0.3) is 0 Å². The molecule has 0 spiro atoms. The molecule has 1 saturated heterocycles. The van der Waals surface area contributed by atoms with Crippen LogP contribution in [0.3, 0.4) is 0 Å². The van der Waals surface area contributed by atoms with Crippen molar-refractivity contribution in [1.29, 1.82) is 0 Å². The molecule has 0 saturated carbocycles. The Balaban J connectivity index is 1.48. The van der Waals surface area contributed by atoms with E-state index in [0.29, 0.717) is 30.4 Å². The van der Waals surface area contributed by atoms with Crippen molar-refractivity contribution in [1.82, 2.24) is 20.3 Å². The van der Waals surface area contributed by atoms with Crippen molar-refractivity contribution >= 4 is 5.91 Å². The van der Waals surface area contributed by atoms with E-state index in [1.54, 1.807) is 19.4 Å². The Morgan fingerprint density at radius 1 is 1.57 bits per heavy atom. The molecule has 0 unspecified atom stereocenters. The molecule has 7 nitrogen and oxygen atoms in total. The first-order valence-electron chi connectivity index (χ1n) is 8.00. The smallest absolute Gasteiger partial charge is 0.254 e. The van der Waals surface area contributed by atoms with Gasteiger partial charge in [0.2, 0.25) is 5.91 Å². The second-order valence-electron chi connectivity index (χ2n) is 5.97. The Morgan fingerprint density at radius 3 is 3.22 bits per heavy atom. The Morgan fingerprint density at radius 2 is 2.48 bits per heavy atom. The fourth-order valence-corrected chi connectivity index (χ4v) is 3.06. The number of hydrogen-bond acceptors (Lipinski definition) is 5. The van der Waals surface area contributed by atoms with Crippen LogP contribution in [0.15, 0.2) is 22.9 Å². The predicted octanol–water partition coefficient (Wildman–Crippen LogP) is 1.82. The first kappa shape index (κ1) is 15.6. The standard InChI is InChI=1S/C16H22N4O3/c1-22-15-10-14(23-19-15)4-5-16(21)20-8-2-3-12(11-20)9-13-6-7-17-18-13/h6-7,10,12H,2-5,8-9,11H2,1H3,(H,17,18)/t12-/m0/s1. The minimum atomic E-state index is 0.176. The van der Waals surface area contributed by atoms with Crippen LogP contribution >= 0.6 is 0 Å². The molecule has 0 radical (unpaired) electrons. The van der Waals surface area contributed by atoms with Gasteiger partial charge in [0.25, 0.3) is 5.88 Å². The summed E-state index contributed by atoms with van der Waals surface area (Å²) in [7, 11) is 1.54. The van der Waals surface area contributed by atoms with Crippen molar-refractivity contribution in [3.8, 4) is 5.88 Å². The number of carbonyl (C=O) groups excluding carboxylic acids is 1. The lowest BCUT2D eigenvalue weighted by atomic mass is 9.93. The molecule has 0 aromatic carbocycles.